The predicted molar refractivity (Wildman–Crippen MR) is 63.8 cm³/mol. The van der Waals surface area contributed by atoms with Crippen LogP contribution in [-0.2, 0) is 9.53 Å². The van der Waals surface area contributed by atoms with E-state index in [1.54, 1.807) is 13.0 Å². The van der Waals surface area contributed by atoms with Crippen molar-refractivity contribution in [2.45, 2.75) is 25.9 Å². The van der Waals surface area contributed by atoms with Crippen molar-refractivity contribution in [2.75, 3.05) is 13.7 Å². The Balaban J connectivity index is 2.44. The zero-order valence-electron chi connectivity index (χ0n) is 10.2. The maximum Gasteiger partial charge on any atom is 0.305 e. The fourth-order valence-corrected chi connectivity index (χ4v) is 1.46. The van der Waals surface area contributed by atoms with Crippen molar-refractivity contribution in [1.82, 2.24) is 0 Å². The van der Waals surface area contributed by atoms with Crippen LogP contribution in [0.15, 0.2) is 24.3 Å². The van der Waals surface area contributed by atoms with Crippen LogP contribution in [0, 0.1) is 0 Å². The number of para-hydroxylation sites is 1. The minimum absolute atomic E-state index is 0.239. The Morgan fingerprint density at radius 1 is 1.41 bits per heavy atom. The lowest BCUT2D eigenvalue weighted by Gasteiger charge is -2.12. The number of aliphatic hydroxyl groups is 1. The topological polar surface area (TPSA) is 55.8 Å². The highest BCUT2D eigenvalue weighted by molar-refractivity contribution is 5.69. The van der Waals surface area contributed by atoms with Gasteiger partial charge < -0.3 is 14.6 Å². The third-order valence-corrected chi connectivity index (χ3v) is 2.38. The molecule has 0 unspecified atom stereocenters. The van der Waals surface area contributed by atoms with Gasteiger partial charge in [0.15, 0.2) is 0 Å². The Labute approximate surface area is 101 Å². The van der Waals surface area contributed by atoms with Gasteiger partial charge in [-0.15, -0.1) is 0 Å². The standard InChI is InChI=1S/C13H18O4/c1-10(14)11-6-3-4-7-12(11)17-9-5-8-13(15)16-2/h3-4,6-7,10,14H,5,8-9H2,1-2H3/t10-/m0/s1. The third-order valence-electron chi connectivity index (χ3n) is 2.38. The van der Waals surface area contributed by atoms with Gasteiger partial charge in [0.2, 0.25) is 0 Å². The first-order valence-corrected chi connectivity index (χ1v) is 5.61. The van der Waals surface area contributed by atoms with Crippen LogP contribution in [0.2, 0.25) is 0 Å². The molecule has 0 saturated heterocycles. The molecule has 0 bridgehead atoms. The van der Waals surface area contributed by atoms with E-state index in [0.29, 0.717) is 25.2 Å². The first kappa shape index (κ1) is 13.5. The SMILES string of the molecule is COC(=O)CCCOc1ccccc1[C@H](C)O. The van der Waals surface area contributed by atoms with Crippen LogP contribution in [0.25, 0.3) is 0 Å². The van der Waals surface area contributed by atoms with Gasteiger partial charge in [0.25, 0.3) is 0 Å². The number of rotatable bonds is 6. The number of benzene rings is 1. The summed E-state index contributed by atoms with van der Waals surface area (Å²) in [6.45, 7) is 2.12. The lowest BCUT2D eigenvalue weighted by molar-refractivity contribution is -0.140. The zero-order valence-corrected chi connectivity index (χ0v) is 10.2. The summed E-state index contributed by atoms with van der Waals surface area (Å²) in [7, 11) is 1.37. The fraction of sp³-hybridized carbons (Fsp3) is 0.462. The molecule has 0 radical (unpaired) electrons. The van der Waals surface area contributed by atoms with Crippen molar-refractivity contribution in [3.8, 4) is 5.75 Å². The maximum atomic E-state index is 10.9. The molecular formula is C13H18O4. The van der Waals surface area contributed by atoms with E-state index < -0.39 is 6.10 Å². The smallest absolute Gasteiger partial charge is 0.305 e. The van der Waals surface area contributed by atoms with Gasteiger partial charge >= 0.3 is 5.97 Å². The average molecular weight is 238 g/mol. The van der Waals surface area contributed by atoms with Gasteiger partial charge in [-0.1, -0.05) is 18.2 Å². The fourth-order valence-electron chi connectivity index (χ4n) is 1.46. The lowest BCUT2D eigenvalue weighted by atomic mass is 10.1. The largest absolute Gasteiger partial charge is 0.493 e. The number of hydrogen-bond acceptors (Lipinski definition) is 4. The van der Waals surface area contributed by atoms with Gasteiger partial charge in [-0.25, -0.2) is 0 Å². The second-order valence-corrected chi connectivity index (χ2v) is 3.74. The number of ether oxygens (including phenoxy) is 2. The molecule has 0 heterocycles. The summed E-state index contributed by atoms with van der Waals surface area (Å²) in [5, 5.41) is 9.53. The lowest BCUT2D eigenvalue weighted by Crippen LogP contribution is -2.06. The van der Waals surface area contributed by atoms with E-state index in [-0.39, 0.29) is 5.97 Å². The molecule has 17 heavy (non-hydrogen) atoms. The molecule has 1 N–H and O–H groups in total. The second-order valence-electron chi connectivity index (χ2n) is 3.74. The van der Waals surface area contributed by atoms with Crippen molar-refractivity contribution in [3.63, 3.8) is 0 Å². The van der Waals surface area contributed by atoms with Crippen LogP contribution < -0.4 is 4.74 Å². The van der Waals surface area contributed by atoms with Crippen LogP contribution >= 0.6 is 0 Å². The van der Waals surface area contributed by atoms with E-state index in [9.17, 15) is 9.90 Å². The molecule has 0 saturated carbocycles. The Bertz CT molecular complexity index is 360. The first-order valence-electron chi connectivity index (χ1n) is 5.61. The van der Waals surface area contributed by atoms with E-state index in [2.05, 4.69) is 4.74 Å². The second kappa shape index (κ2) is 6.91. The summed E-state index contributed by atoms with van der Waals surface area (Å²) >= 11 is 0. The zero-order chi connectivity index (χ0) is 12.7. The summed E-state index contributed by atoms with van der Waals surface area (Å²) in [6, 6.07) is 7.32. The molecule has 0 fully saturated rings. The van der Waals surface area contributed by atoms with E-state index in [4.69, 9.17) is 4.74 Å². The van der Waals surface area contributed by atoms with E-state index >= 15 is 0 Å². The van der Waals surface area contributed by atoms with Crippen LogP contribution in [-0.4, -0.2) is 24.8 Å². The summed E-state index contributed by atoms with van der Waals surface area (Å²) in [4.78, 5) is 10.9. The van der Waals surface area contributed by atoms with Crippen molar-refractivity contribution in [1.29, 1.82) is 0 Å². The normalized spacial score (nSPS) is 11.9. The van der Waals surface area contributed by atoms with Crippen molar-refractivity contribution < 1.29 is 19.4 Å². The Hall–Kier alpha value is -1.55. The number of hydrogen-bond donors (Lipinski definition) is 1. The molecule has 94 valence electrons. The molecule has 1 rings (SSSR count). The predicted octanol–water partition coefficient (Wildman–Crippen LogP) is 2.07. The molecule has 0 spiro atoms. The minimum Gasteiger partial charge on any atom is -0.493 e. The number of carbonyl (C=O) groups is 1. The van der Waals surface area contributed by atoms with Gasteiger partial charge in [-0.05, 0) is 19.4 Å². The Morgan fingerprint density at radius 2 is 2.12 bits per heavy atom. The van der Waals surface area contributed by atoms with Gasteiger partial charge in [0, 0.05) is 12.0 Å². The molecular weight excluding hydrogens is 220 g/mol. The van der Waals surface area contributed by atoms with E-state index in [1.165, 1.54) is 7.11 Å². The van der Waals surface area contributed by atoms with Gasteiger partial charge in [0.1, 0.15) is 5.75 Å². The highest BCUT2D eigenvalue weighted by Gasteiger charge is 2.08. The number of methoxy groups -OCH3 is 1. The van der Waals surface area contributed by atoms with E-state index in [0.717, 1.165) is 5.56 Å². The van der Waals surface area contributed by atoms with Crippen LogP contribution in [0.3, 0.4) is 0 Å². The van der Waals surface area contributed by atoms with Gasteiger partial charge in [-0.2, -0.15) is 0 Å². The minimum atomic E-state index is -0.563. The van der Waals surface area contributed by atoms with Gasteiger partial charge in [0.05, 0.1) is 19.8 Å². The van der Waals surface area contributed by atoms with Crippen molar-refractivity contribution in [3.05, 3.63) is 29.8 Å². The molecule has 1 aromatic carbocycles. The summed E-state index contributed by atoms with van der Waals surface area (Å²) < 4.78 is 10.1. The molecule has 1 atom stereocenters. The Morgan fingerprint density at radius 3 is 2.76 bits per heavy atom. The number of esters is 1. The van der Waals surface area contributed by atoms with Crippen molar-refractivity contribution in [2.24, 2.45) is 0 Å². The molecule has 0 amide bonds. The number of carbonyl (C=O) groups excluding carboxylic acids is 1. The maximum absolute atomic E-state index is 10.9. The van der Waals surface area contributed by atoms with Crippen LogP contribution in [0.4, 0.5) is 0 Å². The molecule has 4 heteroatoms. The molecule has 0 aliphatic heterocycles. The monoisotopic (exact) mass is 238 g/mol. The van der Waals surface area contributed by atoms with E-state index in [1.807, 2.05) is 18.2 Å². The molecule has 0 aromatic heterocycles. The van der Waals surface area contributed by atoms with Crippen molar-refractivity contribution >= 4 is 5.97 Å². The van der Waals surface area contributed by atoms with Crippen LogP contribution in [0.5, 0.6) is 5.75 Å². The number of aliphatic hydroxyl groups excluding tert-OH is 1. The quantitative estimate of drug-likeness (QED) is 0.609. The molecule has 1 aromatic rings. The van der Waals surface area contributed by atoms with Crippen LogP contribution in [0.1, 0.15) is 31.4 Å². The highest BCUT2D eigenvalue weighted by Crippen LogP contribution is 2.24. The summed E-state index contributed by atoms with van der Waals surface area (Å²) in [5.74, 6) is 0.421. The first-order chi connectivity index (χ1) is 8.15. The average Bonchev–Trinajstić information content (AvgIpc) is 2.34. The molecule has 4 nitrogen and oxygen atoms in total. The molecule has 0 aliphatic rings. The summed E-state index contributed by atoms with van der Waals surface area (Å²) in [6.07, 6.45) is 0.376. The molecule has 0 aliphatic carbocycles. The highest BCUT2D eigenvalue weighted by atomic mass is 16.5. The van der Waals surface area contributed by atoms with Gasteiger partial charge in [-0.3, -0.25) is 4.79 Å². The third kappa shape index (κ3) is 4.44. The summed E-state index contributed by atoms with van der Waals surface area (Å²) in [5.41, 5.74) is 0.755. The Kier molecular flexibility index (Phi) is 5.49.